The van der Waals surface area contributed by atoms with Crippen LogP contribution in [0.3, 0.4) is 0 Å². The number of carbonyl (C=O) groups excluding carboxylic acids is 1. The van der Waals surface area contributed by atoms with E-state index in [2.05, 4.69) is 17.2 Å². The van der Waals surface area contributed by atoms with Gasteiger partial charge in [-0.2, -0.15) is 0 Å². The van der Waals surface area contributed by atoms with E-state index in [1.165, 1.54) is 32.1 Å². The summed E-state index contributed by atoms with van der Waals surface area (Å²) in [6.07, 6.45) is 13.2. The summed E-state index contributed by atoms with van der Waals surface area (Å²) in [5.41, 5.74) is 7.05. The number of nitrogens with two attached hydrogens (primary N) is 1. The predicted molar refractivity (Wildman–Crippen MR) is 107 cm³/mol. The van der Waals surface area contributed by atoms with E-state index < -0.39 is 5.91 Å². The molecule has 1 aromatic rings. The Kier molecular flexibility index (Phi) is 6.68. The Balaban J connectivity index is 1.69. The number of carbonyl (C=O) groups is 1. The third-order valence-corrected chi connectivity index (χ3v) is 6.20. The van der Waals surface area contributed by atoms with Crippen molar-refractivity contribution in [1.29, 1.82) is 0 Å². The average Bonchev–Trinajstić information content (AvgIpc) is 2.64. The van der Waals surface area contributed by atoms with E-state index in [9.17, 15) is 4.79 Å². The van der Waals surface area contributed by atoms with Crippen LogP contribution in [0.15, 0.2) is 6.20 Å². The molecule has 0 bridgehead atoms. The van der Waals surface area contributed by atoms with Crippen molar-refractivity contribution in [3.05, 3.63) is 17.5 Å². The summed E-state index contributed by atoms with van der Waals surface area (Å²) in [4.78, 5) is 21.0. The molecule has 0 saturated heterocycles. The van der Waals surface area contributed by atoms with Crippen LogP contribution in [0.25, 0.3) is 0 Å². The fourth-order valence-corrected chi connectivity index (χ4v) is 4.61. The molecule has 0 radical (unpaired) electrons. The van der Waals surface area contributed by atoms with E-state index in [0.29, 0.717) is 23.7 Å². The molecule has 2 fully saturated rings. The zero-order valence-corrected chi connectivity index (χ0v) is 16.8. The molecular formula is C21H34N4O2. The van der Waals surface area contributed by atoms with Gasteiger partial charge in [0.05, 0.1) is 17.4 Å². The fraction of sp³-hybridized carbons (Fsp3) is 0.762. The summed E-state index contributed by atoms with van der Waals surface area (Å²) < 4.78 is 5.73. The Morgan fingerprint density at radius 2 is 1.96 bits per heavy atom. The minimum absolute atomic E-state index is 0.198. The molecule has 2 aliphatic carbocycles. The number of primary amides is 1. The van der Waals surface area contributed by atoms with E-state index in [1.807, 2.05) is 6.92 Å². The summed E-state index contributed by atoms with van der Waals surface area (Å²) in [5.74, 6) is 0.183. The molecule has 27 heavy (non-hydrogen) atoms. The van der Waals surface area contributed by atoms with E-state index in [0.717, 1.165) is 44.4 Å². The molecule has 0 aliphatic heterocycles. The third kappa shape index (κ3) is 5.41. The zero-order valence-electron chi connectivity index (χ0n) is 16.8. The van der Waals surface area contributed by atoms with Gasteiger partial charge in [-0.25, -0.2) is 9.97 Å². The molecule has 0 unspecified atom stereocenters. The van der Waals surface area contributed by atoms with Crippen molar-refractivity contribution in [2.75, 3.05) is 11.9 Å². The molecule has 3 rings (SSSR count). The van der Waals surface area contributed by atoms with Crippen LogP contribution in [0.5, 0.6) is 0 Å². The SMILES string of the molecule is CCOC1CCC(Nc2ncc(C(N)=O)c(CC3(C)CCCCC3)n2)CC1. The lowest BCUT2D eigenvalue weighted by atomic mass is 9.72. The smallest absolute Gasteiger partial charge is 0.252 e. The van der Waals surface area contributed by atoms with E-state index >= 15 is 0 Å². The van der Waals surface area contributed by atoms with Gasteiger partial charge in [0.15, 0.2) is 0 Å². The predicted octanol–water partition coefficient (Wildman–Crippen LogP) is 3.85. The second kappa shape index (κ2) is 9.00. The highest BCUT2D eigenvalue weighted by molar-refractivity contribution is 5.93. The molecule has 0 spiro atoms. The summed E-state index contributed by atoms with van der Waals surface area (Å²) in [6, 6.07) is 0.360. The highest BCUT2D eigenvalue weighted by atomic mass is 16.5. The first kappa shape index (κ1) is 20.1. The molecule has 150 valence electrons. The van der Waals surface area contributed by atoms with E-state index in [4.69, 9.17) is 15.5 Å². The molecular weight excluding hydrogens is 340 g/mol. The molecule has 1 heterocycles. The topological polar surface area (TPSA) is 90.1 Å². The van der Waals surface area contributed by atoms with Crippen LogP contribution in [0.1, 0.15) is 87.7 Å². The van der Waals surface area contributed by atoms with Gasteiger partial charge in [0, 0.05) is 18.8 Å². The Bertz CT molecular complexity index is 635. The first-order chi connectivity index (χ1) is 13.0. The van der Waals surface area contributed by atoms with Gasteiger partial charge in [-0.05, 0) is 57.3 Å². The number of nitrogens with one attached hydrogen (secondary N) is 1. The van der Waals surface area contributed by atoms with Crippen LogP contribution in [0.2, 0.25) is 0 Å². The maximum atomic E-state index is 11.9. The number of aromatic nitrogens is 2. The summed E-state index contributed by atoms with van der Waals surface area (Å²) in [6.45, 7) is 5.14. The van der Waals surface area contributed by atoms with Gasteiger partial charge in [0.1, 0.15) is 0 Å². The van der Waals surface area contributed by atoms with Crippen molar-refractivity contribution in [3.63, 3.8) is 0 Å². The van der Waals surface area contributed by atoms with Crippen LogP contribution in [-0.4, -0.2) is 34.6 Å². The number of anilines is 1. The van der Waals surface area contributed by atoms with Gasteiger partial charge in [0.25, 0.3) is 5.91 Å². The van der Waals surface area contributed by atoms with Crippen LogP contribution >= 0.6 is 0 Å². The number of amides is 1. The van der Waals surface area contributed by atoms with Gasteiger partial charge in [-0.15, -0.1) is 0 Å². The lowest BCUT2D eigenvalue weighted by Crippen LogP contribution is -2.31. The lowest BCUT2D eigenvalue weighted by Gasteiger charge is -2.34. The number of nitrogens with zero attached hydrogens (tertiary/aromatic N) is 2. The van der Waals surface area contributed by atoms with E-state index in [1.54, 1.807) is 6.20 Å². The normalized spacial score (nSPS) is 25.1. The van der Waals surface area contributed by atoms with Gasteiger partial charge in [-0.1, -0.05) is 26.2 Å². The second-order valence-electron chi connectivity index (χ2n) is 8.54. The second-order valence-corrected chi connectivity index (χ2v) is 8.54. The molecule has 3 N–H and O–H groups in total. The summed E-state index contributed by atoms with van der Waals surface area (Å²) >= 11 is 0. The maximum Gasteiger partial charge on any atom is 0.252 e. The highest BCUT2D eigenvalue weighted by Gasteiger charge is 2.30. The first-order valence-corrected chi connectivity index (χ1v) is 10.5. The number of hydrogen-bond donors (Lipinski definition) is 2. The Morgan fingerprint density at radius 3 is 2.59 bits per heavy atom. The van der Waals surface area contributed by atoms with Crippen LogP contribution in [0, 0.1) is 5.41 Å². The monoisotopic (exact) mass is 374 g/mol. The maximum absolute atomic E-state index is 11.9. The number of rotatable bonds is 7. The number of ether oxygens (including phenoxy) is 1. The summed E-state index contributed by atoms with van der Waals surface area (Å²) in [7, 11) is 0. The lowest BCUT2D eigenvalue weighted by molar-refractivity contribution is 0.0346. The molecule has 2 aliphatic rings. The summed E-state index contributed by atoms with van der Waals surface area (Å²) in [5, 5.41) is 3.47. The standard InChI is InChI=1S/C21H34N4O2/c1-3-27-16-9-7-15(8-10-16)24-20-23-14-17(19(22)26)18(25-20)13-21(2)11-5-4-6-12-21/h14-16H,3-13H2,1-2H3,(H2,22,26)(H,23,24,25). The van der Waals surface area contributed by atoms with Gasteiger partial charge >= 0.3 is 0 Å². The Labute approximate surface area is 162 Å². The molecule has 6 heteroatoms. The molecule has 0 atom stereocenters. The minimum atomic E-state index is -0.437. The van der Waals surface area contributed by atoms with Gasteiger partial charge < -0.3 is 15.8 Å². The molecule has 2 saturated carbocycles. The van der Waals surface area contributed by atoms with Crippen molar-refractivity contribution in [1.82, 2.24) is 9.97 Å². The van der Waals surface area contributed by atoms with Crippen LogP contribution in [-0.2, 0) is 11.2 Å². The zero-order chi connectivity index (χ0) is 19.3. The van der Waals surface area contributed by atoms with Crippen molar-refractivity contribution < 1.29 is 9.53 Å². The van der Waals surface area contributed by atoms with Crippen LogP contribution < -0.4 is 11.1 Å². The van der Waals surface area contributed by atoms with Crippen molar-refractivity contribution in [2.45, 2.75) is 90.2 Å². The van der Waals surface area contributed by atoms with Gasteiger partial charge in [0.2, 0.25) is 5.95 Å². The minimum Gasteiger partial charge on any atom is -0.379 e. The fourth-order valence-electron chi connectivity index (χ4n) is 4.61. The molecule has 1 aromatic heterocycles. The van der Waals surface area contributed by atoms with Crippen molar-refractivity contribution >= 4 is 11.9 Å². The molecule has 6 nitrogen and oxygen atoms in total. The highest BCUT2D eigenvalue weighted by Crippen LogP contribution is 2.39. The quantitative estimate of drug-likeness (QED) is 0.756. The largest absolute Gasteiger partial charge is 0.379 e. The molecule has 0 aromatic carbocycles. The Hall–Kier alpha value is -1.69. The van der Waals surface area contributed by atoms with Crippen molar-refractivity contribution in [3.8, 4) is 0 Å². The van der Waals surface area contributed by atoms with E-state index in [-0.39, 0.29) is 5.41 Å². The Morgan fingerprint density at radius 1 is 1.26 bits per heavy atom. The van der Waals surface area contributed by atoms with Crippen molar-refractivity contribution in [2.24, 2.45) is 11.1 Å². The molecule has 1 amide bonds. The average molecular weight is 375 g/mol. The third-order valence-electron chi connectivity index (χ3n) is 6.20. The number of hydrogen-bond acceptors (Lipinski definition) is 5. The first-order valence-electron chi connectivity index (χ1n) is 10.5. The van der Waals surface area contributed by atoms with Gasteiger partial charge in [-0.3, -0.25) is 4.79 Å². The van der Waals surface area contributed by atoms with Crippen LogP contribution in [0.4, 0.5) is 5.95 Å².